The Bertz CT molecular complexity index is 1080. The number of nitrogens with zero attached hydrogens (tertiary/aromatic N) is 3. The number of benzene rings is 1. The van der Waals surface area contributed by atoms with Crippen LogP contribution in [-0.2, 0) is 6.42 Å². The van der Waals surface area contributed by atoms with E-state index in [4.69, 9.17) is 11.6 Å². The number of hydrogen-bond donors (Lipinski definition) is 2. The molecular formula is C21H21ClF2N4O2S. The standard InChI is InChI=1S/C21H21ClF2N4O2S/c1-21(2,3)17(26-20(29)30)9-13-10-19(31-14-5-7-18(22)25-11-14)28(27-13)16-8-12(23)4-6-15(16)24/h4-8,10-11,17,26H,9H2,1-3H3,(H,29,30). The van der Waals surface area contributed by atoms with Crippen molar-refractivity contribution in [2.24, 2.45) is 5.41 Å². The lowest BCUT2D eigenvalue weighted by molar-refractivity contribution is 0.174. The van der Waals surface area contributed by atoms with Crippen LogP contribution in [0.1, 0.15) is 26.5 Å². The topological polar surface area (TPSA) is 80.0 Å². The van der Waals surface area contributed by atoms with E-state index in [1.54, 1.807) is 24.4 Å². The number of pyridine rings is 1. The first-order chi connectivity index (χ1) is 14.5. The second-order valence-electron chi connectivity index (χ2n) is 7.97. The highest BCUT2D eigenvalue weighted by atomic mass is 35.5. The van der Waals surface area contributed by atoms with Crippen molar-refractivity contribution < 1.29 is 18.7 Å². The predicted molar refractivity (Wildman–Crippen MR) is 115 cm³/mol. The summed E-state index contributed by atoms with van der Waals surface area (Å²) in [5, 5.41) is 17.0. The van der Waals surface area contributed by atoms with Crippen molar-refractivity contribution in [3.8, 4) is 5.69 Å². The molecule has 2 aromatic heterocycles. The molecule has 0 aliphatic rings. The minimum absolute atomic E-state index is 0.0471. The van der Waals surface area contributed by atoms with Crippen LogP contribution in [-0.4, -0.2) is 32.0 Å². The first-order valence-corrected chi connectivity index (χ1v) is 10.6. The summed E-state index contributed by atoms with van der Waals surface area (Å²) in [6, 6.07) is 7.79. The fourth-order valence-electron chi connectivity index (χ4n) is 2.88. The van der Waals surface area contributed by atoms with Crippen molar-refractivity contribution in [3.05, 3.63) is 65.1 Å². The van der Waals surface area contributed by atoms with E-state index >= 15 is 0 Å². The van der Waals surface area contributed by atoms with Gasteiger partial charge in [-0.1, -0.05) is 44.1 Å². The van der Waals surface area contributed by atoms with Crippen molar-refractivity contribution in [2.45, 2.75) is 43.2 Å². The summed E-state index contributed by atoms with van der Waals surface area (Å²) in [7, 11) is 0. The molecule has 31 heavy (non-hydrogen) atoms. The van der Waals surface area contributed by atoms with Crippen LogP contribution in [0.25, 0.3) is 5.69 Å². The number of nitrogens with one attached hydrogen (secondary N) is 1. The molecule has 0 spiro atoms. The van der Waals surface area contributed by atoms with Gasteiger partial charge in [0.25, 0.3) is 0 Å². The Morgan fingerprint density at radius 3 is 2.61 bits per heavy atom. The van der Waals surface area contributed by atoms with Crippen LogP contribution in [0.5, 0.6) is 0 Å². The average Bonchev–Trinajstić information content (AvgIpc) is 3.06. The van der Waals surface area contributed by atoms with Gasteiger partial charge in [0.15, 0.2) is 0 Å². The largest absolute Gasteiger partial charge is 0.465 e. The molecule has 0 aliphatic heterocycles. The van der Waals surface area contributed by atoms with E-state index in [1.807, 2.05) is 20.8 Å². The SMILES string of the molecule is CC(C)(C)C(Cc1cc(Sc2ccc(Cl)nc2)n(-c2cc(F)ccc2F)n1)NC(=O)O. The molecule has 0 fully saturated rings. The third kappa shape index (κ3) is 5.95. The fraction of sp³-hybridized carbons (Fsp3) is 0.286. The van der Waals surface area contributed by atoms with Gasteiger partial charge in [0.2, 0.25) is 0 Å². The van der Waals surface area contributed by atoms with Gasteiger partial charge in [0.1, 0.15) is 27.5 Å². The third-order valence-electron chi connectivity index (χ3n) is 4.54. The molecular weight excluding hydrogens is 446 g/mol. The molecule has 0 aliphatic carbocycles. The number of amides is 1. The van der Waals surface area contributed by atoms with Crippen LogP contribution in [0.4, 0.5) is 13.6 Å². The van der Waals surface area contributed by atoms with Crippen LogP contribution < -0.4 is 5.32 Å². The van der Waals surface area contributed by atoms with Crippen molar-refractivity contribution in [2.75, 3.05) is 0 Å². The van der Waals surface area contributed by atoms with Gasteiger partial charge in [-0.25, -0.2) is 23.2 Å². The Hall–Kier alpha value is -2.65. The highest BCUT2D eigenvalue weighted by Gasteiger charge is 2.28. The lowest BCUT2D eigenvalue weighted by Crippen LogP contribution is -2.44. The van der Waals surface area contributed by atoms with E-state index in [2.05, 4.69) is 15.4 Å². The summed E-state index contributed by atoms with van der Waals surface area (Å²) in [5.74, 6) is -1.24. The normalized spacial score (nSPS) is 12.6. The van der Waals surface area contributed by atoms with E-state index in [1.165, 1.54) is 16.4 Å². The Kier molecular flexibility index (Phi) is 6.86. The number of hydrogen-bond acceptors (Lipinski definition) is 4. The van der Waals surface area contributed by atoms with Crippen molar-refractivity contribution in [3.63, 3.8) is 0 Å². The van der Waals surface area contributed by atoms with Crippen LogP contribution in [0.15, 0.2) is 52.5 Å². The summed E-state index contributed by atoms with van der Waals surface area (Å²) in [6.07, 6.45) is 0.694. The molecule has 2 N–H and O–H groups in total. The number of rotatable bonds is 6. The average molecular weight is 467 g/mol. The molecule has 3 rings (SSSR count). The van der Waals surface area contributed by atoms with Crippen molar-refractivity contribution in [1.82, 2.24) is 20.1 Å². The molecule has 0 saturated heterocycles. The zero-order chi connectivity index (χ0) is 22.8. The predicted octanol–water partition coefficient (Wildman–Crippen LogP) is 5.57. The minimum atomic E-state index is -1.14. The quantitative estimate of drug-likeness (QED) is 0.464. The Balaban J connectivity index is 2.03. The molecule has 1 amide bonds. The monoisotopic (exact) mass is 466 g/mol. The number of aromatic nitrogens is 3. The third-order valence-corrected chi connectivity index (χ3v) is 5.74. The minimum Gasteiger partial charge on any atom is -0.465 e. The summed E-state index contributed by atoms with van der Waals surface area (Å²) < 4.78 is 29.7. The first kappa shape index (κ1) is 23.0. The second-order valence-corrected chi connectivity index (χ2v) is 9.45. The lowest BCUT2D eigenvalue weighted by Gasteiger charge is -2.29. The van der Waals surface area contributed by atoms with E-state index in [0.717, 1.165) is 23.1 Å². The van der Waals surface area contributed by atoms with Gasteiger partial charge in [-0.05, 0) is 35.7 Å². The molecule has 0 saturated carbocycles. The van der Waals surface area contributed by atoms with E-state index < -0.39 is 23.8 Å². The van der Waals surface area contributed by atoms with Crippen molar-refractivity contribution >= 4 is 29.5 Å². The van der Waals surface area contributed by atoms with Crippen LogP contribution in [0, 0.1) is 17.0 Å². The van der Waals surface area contributed by atoms with Crippen LogP contribution >= 0.6 is 23.4 Å². The molecule has 1 atom stereocenters. The summed E-state index contributed by atoms with van der Waals surface area (Å²) in [5.41, 5.74) is 0.0931. The Labute approximate surface area is 187 Å². The van der Waals surface area contributed by atoms with E-state index in [0.29, 0.717) is 15.9 Å². The first-order valence-electron chi connectivity index (χ1n) is 9.36. The number of halogens is 3. The summed E-state index contributed by atoms with van der Waals surface area (Å²) in [4.78, 5) is 16.0. The van der Waals surface area contributed by atoms with Gasteiger partial charge in [-0.3, -0.25) is 0 Å². The molecule has 164 valence electrons. The van der Waals surface area contributed by atoms with Crippen LogP contribution in [0.2, 0.25) is 5.15 Å². The van der Waals surface area contributed by atoms with Gasteiger partial charge in [0, 0.05) is 29.6 Å². The number of carbonyl (C=O) groups is 1. The number of carboxylic acid groups (broad SMARTS) is 1. The summed E-state index contributed by atoms with van der Waals surface area (Å²) in [6.45, 7) is 5.73. The van der Waals surface area contributed by atoms with Crippen molar-refractivity contribution in [1.29, 1.82) is 0 Å². The van der Waals surface area contributed by atoms with E-state index in [-0.39, 0.29) is 17.5 Å². The van der Waals surface area contributed by atoms with Gasteiger partial charge in [-0.2, -0.15) is 5.10 Å². The molecule has 3 aromatic rings. The maximum atomic E-state index is 14.5. The highest BCUT2D eigenvalue weighted by molar-refractivity contribution is 7.99. The van der Waals surface area contributed by atoms with Gasteiger partial charge >= 0.3 is 6.09 Å². The highest BCUT2D eigenvalue weighted by Crippen LogP contribution is 2.32. The molecule has 10 heteroatoms. The second kappa shape index (κ2) is 9.23. The molecule has 6 nitrogen and oxygen atoms in total. The molecule has 1 aromatic carbocycles. The van der Waals surface area contributed by atoms with Gasteiger partial charge in [0.05, 0.1) is 5.69 Å². The zero-order valence-corrected chi connectivity index (χ0v) is 18.6. The van der Waals surface area contributed by atoms with Gasteiger partial charge < -0.3 is 10.4 Å². The Morgan fingerprint density at radius 1 is 1.26 bits per heavy atom. The maximum Gasteiger partial charge on any atom is 0.404 e. The molecule has 1 unspecified atom stereocenters. The zero-order valence-electron chi connectivity index (χ0n) is 17.1. The fourth-order valence-corrected chi connectivity index (χ4v) is 3.89. The smallest absolute Gasteiger partial charge is 0.404 e. The molecule has 0 radical (unpaired) electrons. The summed E-state index contributed by atoms with van der Waals surface area (Å²) >= 11 is 7.10. The van der Waals surface area contributed by atoms with E-state index in [9.17, 15) is 18.7 Å². The molecule has 2 heterocycles. The lowest BCUT2D eigenvalue weighted by atomic mass is 9.84. The maximum absolute atomic E-state index is 14.5. The van der Waals surface area contributed by atoms with Gasteiger partial charge in [-0.15, -0.1) is 0 Å². The Morgan fingerprint density at radius 2 is 2.00 bits per heavy atom. The molecule has 0 bridgehead atoms. The van der Waals surface area contributed by atoms with Crippen LogP contribution in [0.3, 0.4) is 0 Å².